The lowest BCUT2D eigenvalue weighted by molar-refractivity contribution is -0.00877. The zero-order valence-electron chi connectivity index (χ0n) is 16.0. The van der Waals surface area contributed by atoms with Crippen LogP contribution in [-0.4, -0.2) is 53.8 Å². The first-order valence-electron chi connectivity index (χ1n) is 9.74. The van der Waals surface area contributed by atoms with Gasteiger partial charge in [0.2, 0.25) is 5.88 Å². The molecule has 0 radical (unpaired) electrons. The minimum absolute atomic E-state index is 0.587. The number of hydrogen-bond donors (Lipinski definition) is 0. The standard InChI is InChI=1S/C22H24N4O2/c1-27-22-5-2-16(11-24-22)13-26-19-10-20(26)15-25(14-19)21-4-3-18(12-23-21)17-6-8-28-9-7-17/h2-8,11-12,19-20H,9-10,13-15H2,1H3. The van der Waals surface area contributed by atoms with E-state index in [9.17, 15) is 0 Å². The van der Waals surface area contributed by atoms with Gasteiger partial charge in [0, 0.05) is 55.7 Å². The van der Waals surface area contributed by atoms with Gasteiger partial charge >= 0.3 is 0 Å². The summed E-state index contributed by atoms with van der Waals surface area (Å²) in [5.41, 5.74) is 3.55. The van der Waals surface area contributed by atoms with Crippen LogP contribution in [0.5, 0.6) is 5.88 Å². The smallest absolute Gasteiger partial charge is 0.212 e. The number of anilines is 1. The minimum atomic E-state index is 0.587. The number of rotatable bonds is 5. The van der Waals surface area contributed by atoms with E-state index in [1.807, 2.05) is 24.5 Å². The molecule has 4 aliphatic rings. The quantitative estimate of drug-likeness (QED) is 0.800. The maximum absolute atomic E-state index is 5.22. The second-order valence-electron chi connectivity index (χ2n) is 7.53. The summed E-state index contributed by atoms with van der Waals surface area (Å²) in [5.74, 6) is 1.74. The zero-order valence-corrected chi connectivity index (χ0v) is 16.0. The van der Waals surface area contributed by atoms with Gasteiger partial charge in [-0.15, -0.1) is 0 Å². The second kappa shape index (κ2) is 7.28. The Balaban J connectivity index is 1.22. The number of allylic oxidation sites excluding steroid dienone is 2. The van der Waals surface area contributed by atoms with Crippen LogP contribution < -0.4 is 9.64 Å². The Bertz CT molecular complexity index is 880. The predicted molar refractivity (Wildman–Crippen MR) is 108 cm³/mol. The van der Waals surface area contributed by atoms with E-state index in [1.54, 1.807) is 13.4 Å². The molecule has 6 heteroatoms. The fraction of sp³-hybridized carbons (Fsp3) is 0.364. The second-order valence-corrected chi connectivity index (χ2v) is 7.53. The van der Waals surface area contributed by atoms with Crippen LogP contribution in [0.15, 0.2) is 55.1 Å². The Morgan fingerprint density at radius 1 is 1.11 bits per heavy atom. The van der Waals surface area contributed by atoms with E-state index in [0.29, 0.717) is 24.6 Å². The Kier molecular flexibility index (Phi) is 4.49. The number of aromatic nitrogens is 2. The maximum atomic E-state index is 5.22. The van der Waals surface area contributed by atoms with Crippen molar-refractivity contribution >= 4 is 11.4 Å². The van der Waals surface area contributed by atoms with Gasteiger partial charge < -0.3 is 14.4 Å². The van der Waals surface area contributed by atoms with Crippen LogP contribution in [0.3, 0.4) is 0 Å². The van der Waals surface area contributed by atoms with Crippen molar-refractivity contribution in [3.63, 3.8) is 0 Å². The molecule has 2 bridgehead atoms. The summed E-state index contributed by atoms with van der Waals surface area (Å²) in [6, 6.07) is 9.52. The third kappa shape index (κ3) is 3.24. The number of fused-ring (bicyclic) bond motifs is 2. The number of methoxy groups -OCH3 is 1. The van der Waals surface area contributed by atoms with Gasteiger partial charge in [0.15, 0.2) is 0 Å². The van der Waals surface area contributed by atoms with Crippen molar-refractivity contribution in [1.29, 1.82) is 0 Å². The topological polar surface area (TPSA) is 50.7 Å². The molecule has 0 aliphatic carbocycles. The van der Waals surface area contributed by atoms with Gasteiger partial charge in [0.1, 0.15) is 12.4 Å². The van der Waals surface area contributed by atoms with Crippen LogP contribution in [0.2, 0.25) is 0 Å². The highest BCUT2D eigenvalue weighted by atomic mass is 16.5. The molecule has 6 rings (SSSR count). The average Bonchev–Trinajstić information content (AvgIpc) is 2.78. The van der Waals surface area contributed by atoms with Gasteiger partial charge in [0.25, 0.3) is 0 Å². The zero-order chi connectivity index (χ0) is 18.9. The molecule has 4 aliphatic heterocycles. The van der Waals surface area contributed by atoms with E-state index in [0.717, 1.165) is 31.0 Å². The summed E-state index contributed by atoms with van der Waals surface area (Å²) in [7, 11) is 1.65. The molecule has 6 heterocycles. The Labute approximate surface area is 165 Å². The molecule has 0 N–H and O–H groups in total. The average molecular weight is 376 g/mol. The van der Waals surface area contributed by atoms with Gasteiger partial charge in [-0.2, -0.15) is 0 Å². The normalized spacial score (nSPS) is 23.6. The van der Waals surface area contributed by atoms with Crippen molar-refractivity contribution in [3.8, 4) is 5.88 Å². The van der Waals surface area contributed by atoms with Gasteiger partial charge in [-0.3, -0.25) is 4.90 Å². The largest absolute Gasteiger partial charge is 0.497 e. The van der Waals surface area contributed by atoms with Crippen molar-refractivity contribution in [1.82, 2.24) is 14.9 Å². The summed E-state index contributed by atoms with van der Waals surface area (Å²) in [6.45, 7) is 3.64. The molecule has 0 saturated carbocycles. The van der Waals surface area contributed by atoms with Crippen molar-refractivity contribution in [2.45, 2.75) is 25.0 Å². The van der Waals surface area contributed by atoms with Crippen LogP contribution in [0.4, 0.5) is 5.82 Å². The van der Waals surface area contributed by atoms with E-state index in [1.165, 1.54) is 17.6 Å². The molecule has 2 aromatic heterocycles. The predicted octanol–water partition coefficient (Wildman–Crippen LogP) is 2.88. The molecule has 0 spiro atoms. The van der Waals surface area contributed by atoms with Crippen molar-refractivity contribution in [2.24, 2.45) is 0 Å². The van der Waals surface area contributed by atoms with Gasteiger partial charge in [-0.25, -0.2) is 9.97 Å². The van der Waals surface area contributed by atoms with Crippen LogP contribution in [0, 0.1) is 0 Å². The Hall–Kier alpha value is -2.86. The van der Waals surface area contributed by atoms with Crippen LogP contribution >= 0.6 is 0 Å². The van der Waals surface area contributed by atoms with E-state index in [4.69, 9.17) is 14.5 Å². The lowest BCUT2D eigenvalue weighted by atomic mass is 9.87. The first-order valence-corrected chi connectivity index (χ1v) is 9.74. The monoisotopic (exact) mass is 376 g/mol. The van der Waals surface area contributed by atoms with Gasteiger partial charge in [0.05, 0.1) is 13.4 Å². The van der Waals surface area contributed by atoms with Crippen molar-refractivity contribution < 1.29 is 9.47 Å². The summed E-state index contributed by atoms with van der Waals surface area (Å²) in [4.78, 5) is 14.1. The van der Waals surface area contributed by atoms with Crippen molar-refractivity contribution in [3.05, 3.63) is 66.2 Å². The van der Waals surface area contributed by atoms with E-state index in [-0.39, 0.29) is 0 Å². The molecule has 3 saturated heterocycles. The molecular formula is C22H24N4O2. The first-order chi connectivity index (χ1) is 13.8. The van der Waals surface area contributed by atoms with Crippen LogP contribution in [0.25, 0.3) is 5.57 Å². The fourth-order valence-electron chi connectivity index (χ4n) is 4.31. The minimum Gasteiger partial charge on any atom is -0.497 e. The highest BCUT2D eigenvalue weighted by Gasteiger charge is 2.44. The molecule has 2 unspecified atom stereocenters. The van der Waals surface area contributed by atoms with Gasteiger partial charge in [-0.1, -0.05) is 6.07 Å². The van der Waals surface area contributed by atoms with E-state index in [2.05, 4.69) is 39.1 Å². The summed E-state index contributed by atoms with van der Waals surface area (Å²) < 4.78 is 10.4. The Morgan fingerprint density at radius 2 is 2.00 bits per heavy atom. The highest BCUT2D eigenvalue weighted by molar-refractivity contribution is 5.74. The lowest BCUT2D eigenvalue weighted by Gasteiger charge is -2.56. The maximum Gasteiger partial charge on any atom is 0.212 e. The van der Waals surface area contributed by atoms with Crippen molar-refractivity contribution in [2.75, 3.05) is 31.7 Å². The third-order valence-electron chi connectivity index (χ3n) is 5.86. The van der Waals surface area contributed by atoms with Crippen LogP contribution in [-0.2, 0) is 11.3 Å². The number of hydrogen-bond acceptors (Lipinski definition) is 6. The molecular weight excluding hydrogens is 352 g/mol. The number of ether oxygens (including phenoxy) is 2. The summed E-state index contributed by atoms with van der Waals surface area (Å²) in [5, 5.41) is 0. The first kappa shape index (κ1) is 17.3. The third-order valence-corrected chi connectivity index (χ3v) is 5.86. The van der Waals surface area contributed by atoms with Crippen LogP contribution in [0.1, 0.15) is 17.5 Å². The number of piperazine rings is 1. The number of piperidine rings is 1. The summed E-state index contributed by atoms with van der Waals surface area (Å²) in [6.07, 6.45) is 11.0. The van der Waals surface area contributed by atoms with Gasteiger partial charge in [-0.05, 0) is 41.8 Å². The molecule has 3 fully saturated rings. The number of nitrogens with zero attached hydrogens (tertiary/aromatic N) is 4. The summed E-state index contributed by atoms with van der Waals surface area (Å²) >= 11 is 0. The van der Waals surface area contributed by atoms with E-state index < -0.39 is 0 Å². The fourth-order valence-corrected chi connectivity index (χ4v) is 4.31. The number of pyridine rings is 2. The molecule has 28 heavy (non-hydrogen) atoms. The molecule has 2 aromatic rings. The molecule has 0 aromatic carbocycles. The SMILES string of the molecule is COc1ccc(CN2C3CC2CN(c2ccc(C4=CCOC=C4)cn2)C3)cn1. The molecule has 2 atom stereocenters. The molecule has 0 amide bonds. The highest BCUT2D eigenvalue weighted by Crippen LogP contribution is 2.35. The molecule has 144 valence electrons. The van der Waals surface area contributed by atoms with E-state index >= 15 is 0 Å². The lowest BCUT2D eigenvalue weighted by Crippen LogP contribution is -2.68. The molecule has 6 nitrogen and oxygen atoms in total. The Morgan fingerprint density at radius 3 is 2.64 bits per heavy atom.